The molecule has 0 spiro atoms. The SMILES string of the molecule is C=Cc1nc(C(C)CC)oc1C=C.CC.CC. The van der Waals surface area contributed by atoms with Crippen LogP contribution >= 0.6 is 0 Å². The van der Waals surface area contributed by atoms with Crippen LogP contribution in [-0.2, 0) is 0 Å². The molecule has 1 aromatic heterocycles. The lowest BCUT2D eigenvalue weighted by atomic mass is 10.1. The highest BCUT2D eigenvalue weighted by Gasteiger charge is 2.12. The fraction of sp³-hybridized carbons (Fsp3) is 0.533. The van der Waals surface area contributed by atoms with Crippen molar-refractivity contribution in [2.75, 3.05) is 0 Å². The van der Waals surface area contributed by atoms with Crippen LogP contribution in [0.25, 0.3) is 12.2 Å². The zero-order valence-corrected chi connectivity index (χ0v) is 12.2. The van der Waals surface area contributed by atoms with E-state index < -0.39 is 0 Å². The van der Waals surface area contributed by atoms with E-state index in [9.17, 15) is 0 Å². The van der Waals surface area contributed by atoms with E-state index in [-0.39, 0.29) is 0 Å². The van der Waals surface area contributed by atoms with Gasteiger partial charge in [0.1, 0.15) is 5.69 Å². The van der Waals surface area contributed by atoms with Crippen molar-refractivity contribution < 1.29 is 4.42 Å². The van der Waals surface area contributed by atoms with Crippen LogP contribution in [0.2, 0.25) is 0 Å². The molecule has 98 valence electrons. The first-order valence-corrected chi connectivity index (χ1v) is 6.48. The summed E-state index contributed by atoms with van der Waals surface area (Å²) >= 11 is 0. The van der Waals surface area contributed by atoms with E-state index in [1.165, 1.54) is 0 Å². The Morgan fingerprint density at radius 2 is 1.71 bits per heavy atom. The molecule has 0 amide bonds. The molecule has 2 heteroatoms. The lowest BCUT2D eigenvalue weighted by molar-refractivity contribution is 0.447. The van der Waals surface area contributed by atoms with Crippen molar-refractivity contribution in [3.05, 3.63) is 30.5 Å². The molecular formula is C15H27NO. The predicted molar refractivity (Wildman–Crippen MR) is 78.1 cm³/mol. The average Bonchev–Trinajstić information content (AvgIpc) is 2.85. The maximum Gasteiger partial charge on any atom is 0.198 e. The molecule has 2 nitrogen and oxygen atoms in total. The van der Waals surface area contributed by atoms with Crippen molar-refractivity contribution >= 4 is 12.2 Å². The summed E-state index contributed by atoms with van der Waals surface area (Å²) in [5, 5.41) is 0. The van der Waals surface area contributed by atoms with Gasteiger partial charge in [0.05, 0.1) is 0 Å². The largest absolute Gasteiger partial charge is 0.440 e. The second-order valence-electron chi connectivity index (χ2n) is 3.02. The van der Waals surface area contributed by atoms with E-state index in [4.69, 9.17) is 4.42 Å². The van der Waals surface area contributed by atoms with Gasteiger partial charge in [-0.25, -0.2) is 4.98 Å². The zero-order valence-electron chi connectivity index (χ0n) is 12.2. The highest BCUT2D eigenvalue weighted by Crippen LogP contribution is 2.22. The van der Waals surface area contributed by atoms with Crippen molar-refractivity contribution in [2.24, 2.45) is 0 Å². The first-order chi connectivity index (χ1) is 8.22. The number of hydrogen-bond acceptors (Lipinski definition) is 2. The molecule has 1 rings (SSSR count). The highest BCUT2D eigenvalue weighted by atomic mass is 16.4. The van der Waals surface area contributed by atoms with Crippen molar-refractivity contribution in [1.82, 2.24) is 4.98 Å². The van der Waals surface area contributed by atoms with Gasteiger partial charge in [-0.1, -0.05) is 54.7 Å². The van der Waals surface area contributed by atoms with Crippen molar-refractivity contribution in [3.63, 3.8) is 0 Å². The Kier molecular flexibility index (Phi) is 11.9. The molecule has 1 atom stereocenters. The first kappa shape index (κ1) is 18.1. The summed E-state index contributed by atoms with van der Waals surface area (Å²) in [7, 11) is 0. The van der Waals surface area contributed by atoms with Crippen LogP contribution in [0.1, 0.15) is 71.2 Å². The number of rotatable bonds is 4. The van der Waals surface area contributed by atoms with Gasteiger partial charge in [0.2, 0.25) is 0 Å². The highest BCUT2D eigenvalue weighted by molar-refractivity contribution is 5.55. The Balaban J connectivity index is 0. The predicted octanol–water partition coefficient (Wildman–Crippen LogP) is 5.53. The molecule has 1 unspecified atom stereocenters. The van der Waals surface area contributed by atoms with Gasteiger partial charge < -0.3 is 4.42 Å². The molecule has 0 saturated carbocycles. The monoisotopic (exact) mass is 237 g/mol. The third kappa shape index (κ3) is 5.53. The van der Waals surface area contributed by atoms with Gasteiger partial charge in [0, 0.05) is 5.92 Å². The molecule has 0 aliphatic carbocycles. The minimum atomic E-state index is 0.354. The average molecular weight is 237 g/mol. The molecule has 0 aliphatic rings. The minimum absolute atomic E-state index is 0.354. The van der Waals surface area contributed by atoms with E-state index in [2.05, 4.69) is 32.0 Å². The summed E-state index contributed by atoms with van der Waals surface area (Å²) in [5.41, 5.74) is 0.783. The quantitative estimate of drug-likeness (QED) is 0.688. The van der Waals surface area contributed by atoms with Crippen LogP contribution in [0.5, 0.6) is 0 Å². The molecule has 1 aromatic rings. The number of nitrogens with zero attached hydrogens (tertiary/aromatic N) is 1. The Labute approximate surface area is 106 Å². The molecule has 0 N–H and O–H groups in total. The van der Waals surface area contributed by atoms with Crippen LogP contribution in [0.15, 0.2) is 17.6 Å². The molecule has 17 heavy (non-hydrogen) atoms. The second kappa shape index (κ2) is 11.2. The van der Waals surface area contributed by atoms with Gasteiger partial charge in [0.15, 0.2) is 11.7 Å². The molecule has 0 bridgehead atoms. The summed E-state index contributed by atoms with van der Waals surface area (Å²) in [6, 6.07) is 0. The van der Waals surface area contributed by atoms with Crippen LogP contribution in [-0.4, -0.2) is 4.98 Å². The van der Waals surface area contributed by atoms with Gasteiger partial charge in [-0.05, 0) is 18.6 Å². The lowest BCUT2D eigenvalue weighted by Crippen LogP contribution is -1.90. The van der Waals surface area contributed by atoms with E-state index in [0.29, 0.717) is 11.7 Å². The normalized spacial score (nSPS) is 10.2. The smallest absolute Gasteiger partial charge is 0.198 e. The van der Waals surface area contributed by atoms with E-state index >= 15 is 0 Å². The van der Waals surface area contributed by atoms with Gasteiger partial charge in [-0.15, -0.1) is 0 Å². The Morgan fingerprint density at radius 1 is 1.18 bits per heavy atom. The number of aromatic nitrogens is 1. The molecule has 1 heterocycles. The third-order valence-electron chi connectivity index (χ3n) is 2.11. The summed E-state index contributed by atoms with van der Waals surface area (Å²) in [6.45, 7) is 19.5. The maximum atomic E-state index is 5.51. The van der Waals surface area contributed by atoms with Crippen molar-refractivity contribution in [1.29, 1.82) is 0 Å². The topological polar surface area (TPSA) is 26.0 Å². The zero-order chi connectivity index (χ0) is 13.8. The molecule has 0 saturated heterocycles. The summed E-state index contributed by atoms with van der Waals surface area (Å²) in [4.78, 5) is 4.31. The summed E-state index contributed by atoms with van der Waals surface area (Å²) < 4.78 is 5.51. The Bertz CT molecular complexity index is 287. The van der Waals surface area contributed by atoms with Crippen LogP contribution in [0.4, 0.5) is 0 Å². The molecule has 0 radical (unpaired) electrons. The Hall–Kier alpha value is -1.31. The van der Waals surface area contributed by atoms with E-state index in [1.807, 2.05) is 27.7 Å². The standard InChI is InChI=1S/C11H15NO.2C2H6/c1-5-8(4)11-12-9(6-2)10(7-3)13-11;2*1-2/h6-8H,2-3,5H2,1,4H3;2*1-2H3. The summed E-state index contributed by atoms with van der Waals surface area (Å²) in [6.07, 6.45) is 4.37. The molecular weight excluding hydrogens is 210 g/mol. The van der Waals surface area contributed by atoms with Gasteiger partial charge in [-0.2, -0.15) is 0 Å². The molecule has 0 aliphatic heterocycles. The fourth-order valence-corrected chi connectivity index (χ4v) is 1.04. The van der Waals surface area contributed by atoms with Crippen molar-refractivity contribution in [3.8, 4) is 0 Å². The molecule has 0 aromatic carbocycles. The van der Waals surface area contributed by atoms with Crippen molar-refractivity contribution in [2.45, 2.75) is 53.9 Å². The number of oxazole rings is 1. The lowest BCUT2D eigenvalue weighted by Gasteiger charge is -2.00. The minimum Gasteiger partial charge on any atom is -0.440 e. The second-order valence-corrected chi connectivity index (χ2v) is 3.02. The fourth-order valence-electron chi connectivity index (χ4n) is 1.04. The third-order valence-corrected chi connectivity index (χ3v) is 2.11. The maximum absolute atomic E-state index is 5.51. The van der Waals surface area contributed by atoms with E-state index in [1.54, 1.807) is 12.2 Å². The van der Waals surface area contributed by atoms with Crippen LogP contribution in [0, 0.1) is 0 Å². The summed E-state index contributed by atoms with van der Waals surface area (Å²) in [5.74, 6) is 1.84. The van der Waals surface area contributed by atoms with Crippen LogP contribution < -0.4 is 0 Å². The van der Waals surface area contributed by atoms with Gasteiger partial charge >= 0.3 is 0 Å². The Morgan fingerprint density at radius 3 is 2.00 bits per heavy atom. The number of hydrogen-bond donors (Lipinski definition) is 0. The molecule has 0 fully saturated rings. The van der Waals surface area contributed by atoms with E-state index in [0.717, 1.165) is 18.0 Å². The van der Waals surface area contributed by atoms with Crippen LogP contribution in [0.3, 0.4) is 0 Å². The van der Waals surface area contributed by atoms with Gasteiger partial charge in [-0.3, -0.25) is 0 Å². The first-order valence-electron chi connectivity index (χ1n) is 6.48. The van der Waals surface area contributed by atoms with Gasteiger partial charge in [0.25, 0.3) is 0 Å².